The Hall–Kier alpha value is -1.51. The second kappa shape index (κ2) is 6.43. The first-order valence-electron chi connectivity index (χ1n) is 6.55. The third-order valence-electron chi connectivity index (χ3n) is 2.78. The molecule has 0 saturated carbocycles. The van der Waals surface area contributed by atoms with Gasteiger partial charge in [-0.05, 0) is 5.92 Å². The van der Waals surface area contributed by atoms with E-state index >= 15 is 0 Å². The number of allylic oxidation sites excluding steroid dienone is 1. The Balaban J connectivity index is 2.04. The summed E-state index contributed by atoms with van der Waals surface area (Å²) in [5, 5.41) is 3.34. The van der Waals surface area contributed by atoms with Crippen LogP contribution in [0.3, 0.4) is 0 Å². The molecule has 4 heteroatoms. The van der Waals surface area contributed by atoms with Crippen molar-refractivity contribution in [2.45, 2.75) is 13.8 Å². The smallest absolute Gasteiger partial charge is 0.166 e. The highest BCUT2D eigenvalue weighted by Crippen LogP contribution is 2.13. The summed E-state index contributed by atoms with van der Waals surface area (Å²) < 4.78 is 5.72. The van der Waals surface area contributed by atoms with E-state index in [0.717, 1.165) is 37.8 Å². The molecule has 0 aromatic rings. The Morgan fingerprint density at radius 1 is 1.44 bits per heavy atom. The van der Waals surface area contributed by atoms with E-state index in [1.54, 1.807) is 12.3 Å². The number of hydrogen-bond donors (Lipinski definition) is 1. The van der Waals surface area contributed by atoms with Gasteiger partial charge in [-0.15, -0.1) is 0 Å². The van der Waals surface area contributed by atoms with Gasteiger partial charge in [-0.1, -0.05) is 19.6 Å². The van der Waals surface area contributed by atoms with Crippen molar-refractivity contribution >= 4 is 6.21 Å². The van der Waals surface area contributed by atoms with Gasteiger partial charge in [0.25, 0.3) is 0 Å². The van der Waals surface area contributed by atoms with Crippen molar-refractivity contribution in [2.75, 3.05) is 32.8 Å². The maximum atomic E-state index is 5.72. The molecule has 1 fully saturated rings. The average molecular weight is 247 g/mol. The Morgan fingerprint density at radius 2 is 2.22 bits per heavy atom. The molecule has 0 radical (unpaired) electrons. The molecule has 1 saturated heterocycles. The van der Waals surface area contributed by atoms with E-state index in [0.29, 0.717) is 12.5 Å². The van der Waals surface area contributed by atoms with Crippen molar-refractivity contribution in [1.29, 1.82) is 0 Å². The summed E-state index contributed by atoms with van der Waals surface area (Å²) in [7, 11) is 0. The number of nitrogens with one attached hydrogen (secondary N) is 1. The molecule has 0 unspecified atom stereocenters. The second-order valence-electron chi connectivity index (χ2n) is 4.90. The number of hydrogen-bond acceptors (Lipinski definition) is 4. The van der Waals surface area contributed by atoms with Gasteiger partial charge in [-0.2, -0.15) is 0 Å². The van der Waals surface area contributed by atoms with Crippen LogP contribution in [0.1, 0.15) is 13.8 Å². The fourth-order valence-electron chi connectivity index (χ4n) is 1.84. The molecule has 2 heterocycles. The average Bonchev–Trinajstić information content (AvgIpc) is 2.63. The van der Waals surface area contributed by atoms with Crippen LogP contribution in [0.15, 0.2) is 34.5 Å². The highest BCUT2D eigenvalue weighted by atomic mass is 16.5. The molecule has 98 valence electrons. The van der Waals surface area contributed by atoms with Crippen molar-refractivity contribution in [1.82, 2.24) is 10.2 Å². The zero-order valence-corrected chi connectivity index (χ0v) is 11.1. The lowest BCUT2D eigenvalue weighted by Gasteiger charge is -2.29. The molecule has 0 spiro atoms. The minimum Gasteiger partial charge on any atom is -0.486 e. The summed E-state index contributed by atoms with van der Waals surface area (Å²) in [6, 6.07) is 0. The Bertz CT molecular complexity index is 397. The van der Waals surface area contributed by atoms with Crippen molar-refractivity contribution in [3.05, 3.63) is 29.5 Å². The summed E-state index contributed by atoms with van der Waals surface area (Å²) >= 11 is 0. The van der Waals surface area contributed by atoms with Crippen molar-refractivity contribution in [3.63, 3.8) is 0 Å². The second-order valence-corrected chi connectivity index (χ2v) is 4.90. The molecule has 2 rings (SSSR count). The van der Waals surface area contributed by atoms with Gasteiger partial charge in [0.2, 0.25) is 0 Å². The number of ether oxygens (including phenoxy) is 1. The lowest BCUT2D eigenvalue weighted by atomic mass is 10.2. The number of aliphatic imine (C=N–C) groups is 1. The van der Waals surface area contributed by atoms with Crippen molar-refractivity contribution < 1.29 is 4.74 Å². The zero-order chi connectivity index (χ0) is 12.8. The van der Waals surface area contributed by atoms with E-state index in [1.165, 1.54) is 0 Å². The van der Waals surface area contributed by atoms with E-state index in [2.05, 4.69) is 34.8 Å². The van der Waals surface area contributed by atoms with Gasteiger partial charge in [0.05, 0.1) is 6.61 Å². The fraction of sp³-hybridized carbons (Fsp3) is 0.571. The summed E-state index contributed by atoms with van der Waals surface area (Å²) in [4.78, 5) is 6.71. The van der Waals surface area contributed by atoms with Crippen LogP contribution in [-0.4, -0.2) is 43.9 Å². The van der Waals surface area contributed by atoms with Gasteiger partial charge in [-0.3, -0.25) is 0 Å². The molecule has 0 aromatic heterocycles. The fourth-order valence-corrected chi connectivity index (χ4v) is 1.84. The first-order chi connectivity index (χ1) is 8.75. The van der Waals surface area contributed by atoms with Crippen molar-refractivity contribution in [2.24, 2.45) is 10.9 Å². The highest BCUT2D eigenvalue weighted by Gasteiger charge is 2.13. The van der Waals surface area contributed by atoms with Crippen LogP contribution in [0.25, 0.3) is 0 Å². The third kappa shape index (κ3) is 3.76. The first-order valence-corrected chi connectivity index (χ1v) is 6.55. The molecule has 2 aliphatic heterocycles. The minimum absolute atomic E-state index is 0.513. The molecule has 0 aliphatic carbocycles. The van der Waals surface area contributed by atoms with Gasteiger partial charge in [0.15, 0.2) is 5.76 Å². The molecular formula is C14H21N3O. The highest BCUT2D eigenvalue weighted by molar-refractivity contribution is 5.72. The maximum Gasteiger partial charge on any atom is 0.166 e. The Kier molecular flexibility index (Phi) is 4.62. The molecule has 2 aliphatic rings. The SMILES string of the molecule is CC(C)COC1=C=CC=NC(N2CCNCC2)=C1. The van der Waals surface area contributed by atoms with Crippen LogP contribution in [0, 0.1) is 5.92 Å². The molecular weight excluding hydrogens is 226 g/mol. The van der Waals surface area contributed by atoms with E-state index in [1.807, 2.05) is 6.08 Å². The standard InChI is InChI=1S/C14H21N3O/c1-12(2)11-18-13-4-3-5-16-14(10-13)17-8-6-15-7-9-17/h3,5,10,12,15H,6-9,11H2,1-2H3. The Morgan fingerprint density at radius 3 is 2.94 bits per heavy atom. The summed E-state index contributed by atoms with van der Waals surface area (Å²) in [6.07, 6.45) is 5.56. The predicted octanol–water partition coefficient (Wildman–Crippen LogP) is 1.53. The van der Waals surface area contributed by atoms with Gasteiger partial charge in [-0.25, -0.2) is 4.99 Å². The molecule has 1 N–H and O–H groups in total. The number of rotatable bonds is 4. The van der Waals surface area contributed by atoms with Crippen LogP contribution < -0.4 is 5.32 Å². The van der Waals surface area contributed by atoms with Crippen molar-refractivity contribution in [3.8, 4) is 0 Å². The van der Waals surface area contributed by atoms with E-state index in [9.17, 15) is 0 Å². The maximum absolute atomic E-state index is 5.72. The lowest BCUT2D eigenvalue weighted by Crippen LogP contribution is -2.42. The topological polar surface area (TPSA) is 36.9 Å². The summed E-state index contributed by atoms with van der Waals surface area (Å²) in [5.74, 6) is 2.26. The van der Waals surface area contributed by atoms with E-state index in [4.69, 9.17) is 4.74 Å². The van der Waals surface area contributed by atoms with Crippen LogP contribution >= 0.6 is 0 Å². The minimum atomic E-state index is 0.513. The molecule has 18 heavy (non-hydrogen) atoms. The molecule has 0 atom stereocenters. The van der Waals surface area contributed by atoms with Gasteiger partial charge < -0.3 is 15.0 Å². The number of nitrogens with zero attached hydrogens (tertiary/aromatic N) is 2. The van der Waals surface area contributed by atoms with Crippen LogP contribution in [-0.2, 0) is 4.74 Å². The van der Waals surface area contributed by atoms with Gasteiger partial charge >= 0.3 is 0 Å². The third-order valence-corrected chi connectivity index (χ3v) is 2.78. The van der Waals surface area contributed by atoms with E-state index in [-0.39, 0.29) is 0 Å². The van der Waals surface area contributed by atoms with E-state index < -0.39 is 0 Å². The molecule has 0 amide bonds. The predicted molar refractivity (Wildman–Crippen MR) is 73.4 cm³/mol. The molecule has 4 nitrogen and oxygen atoms in total. The van der Waals surface area contributed by atoms with Crippen LogP contribution in [0.2, 0.25) is 0 Å². The zero-order valence-electron chi connectivity index (χ0n) is 11.1. The lowest BCUT2D eigenvalue weighted by molar-refractivity contribution is 0.189. The normalized spacial score (nSPS) is 19.6. The largest absolute Gasteiger partial charge is 0.486 e. The van der Waals surface area contributed by atoms with Gasteiger partial charge in [0, 0.05) is 44.5 Å². The molecule has 0 aromatic carbocycles. The monoisotopic (exact) mass is 247 g/mol. The summed E-state index contributed by atoms with van der Waals surface area (Å²) in [5.41, 5.74) is 3.11. The van der Waals surface area contributed by atoms with Gasteiger partial charge in [0.1, 0.15) is 5.82 Å². The molecule has 0 bridgehead atoms. The Labute approximate surface area is 109 Å². The van der Waals surface area contributed by atoms with Crippen LogP contribution in [0.5, 0.6) is 0 Å². The first kappa shape index (κ1) is 12.9. The summed E-state index contributed by atoms with van der Waals surface area (Å²) in [6.45, 7) is 8.97. The van der Waals surface area contributed by atoms with Crippen LogP contribution in [0.4, 0.5) is 0 Å². The quantitative estimate of drug-likeness (QED) is 0.765. The number of piperazine rings is 1.